The van der Waals surface area contributed by atoms with Crippen molar-refractivity contribution in [1.29, 1.82) is 0 Å². The molecule has 2 unspecified atom stereocenters. The zero-order valence-electron chi connectivity index (χ0n) is 17.9. The largest absolute Gasteiger partial charge is 0.423 e. The molecule has 2 atom stereocenters. The van der Waals surface area contributed by atoms with Crippen molar-refractivity contribution in [2.45, 2.75) is 38.2 Å². The highest BCUT2D eigenvalue weighted by molar-refractivity contribution is 7.13. The van der Waals surface area contributed by atoms with Crippen LogP contribution in [0.4, 0.5) is 24.0 Å². The van der Waals surface area contributed by atoms with Crippen molar-refractivity contribution in [3.05, 3.63) is 45.1 Å². The summed E-state index contributed by atoms with van der Waals surface area (Å²) in [6.07, 6.45) is -0.564. The summed E-state index contributed by atoms with van der Waals surface area (Å²) in [6.45, 7) is 3.28. The van der Waals surface area contributed by atoms with E-state index in [-0.39, 0.29) is 19.3 Å². The Morgan fingerprint density at radius 1 is 1.44 bits per heavy atom. The summed E-state index contributed by atoms with van der Waals surface area (Å²) < 4.78 is 46.8. The fourth-order valence-corrected chi connectivity index (χ4v) is 4.41. The highest BCUT2D eigenvalue weighted by atomic mass is 32.1. The number of nitrogens with one attached hydrogen (secondary N) is 2. The minimum Gasteiger partial charge on any atom is -0.378 e. The fourth-order valence-electron chi connectivity index (χ4n) is 3.60. The molecule has 0 radical (unpaired) electrons. The second-order valence-corrected chi connectivity index (χ2v) is 8.63. The fraction of sp³-hybridized carbons (Fsp3) is 0.474. The first-order chi connectivity index (χ1) is 16.2. The van der Waals surface area contributed by atoms with E-state index in [4.69, 9.17) is 4.74 Å². The van der Waals surface area contributed by atoms with Crippen molar-refractivity contribution < 1.29 is 22.7 Å². The molecule has 0 aliphatic carbocycles. The van der Waals surface area contributed by atoms with Crippen molar-refractivity contribution >= 4 is 28.4 Å². The average molecular weight is 498 g/mol. The number of aromatic nitrogens is 6. The second kappa shape index (κ2) is 9.89. The Balaban J connectivity index is 1.28. The number of H-pyrrole nitrogens is 1. The minimum absolute atomic E-state index is 0.0667. The zero-order chi connectivity index (χ0) is 24.3. The third-order valence-electron chi connectivity index (χ3n) is 5.16. The standard InChI is InChI=1S/C19H21F3N8O3S/c1-11(24-15-4-23-27-17(32)16(15)19(20,21)22)8-33-9-12-5-30(28-26-12)14-2-3-29(6-14)18-25-13(7-31)10-34-18/h4-5,7,10-11,14H,2-3,6,8-9H2,1H3,(H2,24,27,32). The molecule has 4 heterocycles. The van der Waals surface area contributed by atoms with Crippen molar-refractivity contribution in [2.24, 2.45) is 0 Å². The van der Waals surface area contributed by atoms with Gasteiger partial charge in [0.15, 0.2) is 11.4 Å². The van der Waals surface area contributed by atoms with Crippen molar-refractivity contribution in [2.75, 3.05) is 29.9 Å². The predicted octanol–water partition coefficient (Wildman–Crippen LogP) is 2.12. The van der Waals surface area contributed by atoms with Crippen LogP contribution in [0.1, 0.15) is 41.1 Å². The summed E-state index contributed by atoms with van der Waals surface area (Å²) >= 11 is 1.42. The van der Waals surface area contributed by atoms with Gasteiger partial charge in [-0.15, -0.1) is 16.4 Å². The Kier molecular flexibility index (Phi) is 6.92. The molecular weight excluding hydrogens is 477 g/mol. The lowest BCUT2D eigenvalue weighted by molar-refractivity contribution is -0.138. The van der Waals surface area contributed by atoms with Crippen LogP contribution in [0.25, 0.3) is 0 Å². The Morgan fingerprint density at radius 2 is 2.26 bits per heavy atom. The smallest absolute Gasteiger partial charge is 0.378 e. The first kappa shape index (κ1) is 23.8. The maximum absolute atomic E-state index is 13.1. The van der Waals surface area contributed by atoms with Gasteiger partial charge >= 0.3 is 6.18 Å². The number of hydrogen-bond acceptors (Lipinski definition) is 10. The van der Waals surface area contributed by atoms with Crippen LogP contribution in [0.3, 0.4) is 0 Å². The summed E-state index contributed by atoms with van der Waals surface area (Å²) in [5.41, 5.74) is -2.06. The molecule has 34 heavy (non-hydrogen) atoms. The molecule has 182 valence electrons. The monoisotopic (exact) mass is 498 g/mol. The Morgan fingerprint density at radius 3 is 3.00 bits per heavy atom. The van der Waals surface area contributed by atoms with Crippen molar-refractivity contribution in [3.8, 4) is 0 Å². The molecular formula is C19H21F3N8O3S. The first-order valence-corrected chi connectivity index (χ1v) is 11.2. The number of aromatic amines is 1. The number of carbonyl (C=O) groups excluding carboxylic acids is 1. The molecule has 3 aromatic heterocycles. The van der Waals surface area contributed by atoms with Gasteiger partial charge in [-0.2, -0.15) is 18.3 Å². The quantitative estimate of drug-likeness (QED) is 0.426. The number of halogens is 3. The van der Waals surface area contributed by atoms with Crippen LogP contribution < -0.4 is 15.8 Å². The Bertz CT molecular complexity index is 1190. The van der Waals surface area contributed by atoms with Crippen LogP contribution in [0.15, 0.2) is 22.6 Å². The Hall–Kier alpha value is -3.33. The van der Waals surface area contributed by atoms with Crippen LogP contribution in [0.5, 0.6) is 0 Å². The summed E-state index contributed by atoms with van der Waals surface area (Å²) in [5.74, 6) is 0. The maximum Gasteiger partial charge on any atom is 0.423 e. The molecule has 0 amide bonds. The van der Waals surface area contributed by atoms with Crippen molar-refractivity contribution in [1.82, 2.24) is 30.2 Å². The van der Waals surface area contributed by atoms with E-state index < -0.39 is 29.0 Å². The number of anilines is 2. The van der Waals surface area contributed by atoms with E-state index in [2.05, 4.69) is 30.6 Å². The van der Waals surface area contributed by atoms with Crippen LogP contribution >= 0.6 is 11.3 Å². The molecule has 4 rings (SSSR count). The molecule has 15 heteroatoms. The molecule has 1 aliphatic heterocycles. The lowest BCUT2D eigenvalue weighted by atomic mass is 10.2. The number of carbonyl (C=O) groups is 1. The van der Waals surface area contributed by atoms with Gasteiger partial charge in [-0.1, -0.05) is 5.21 Å². The summed E-state index contributed by atoms with van der Waals surface area (Å²) in [7, 11) is 0. The molecule has 0 saturated carbocycles. The number of hydrogen-bond donors (Lipinski definition) is 2. The summed E-state index contributed by atoms with van der Waals surface area (Å²) in [6, 6.07) is -0.437. The molecule has 1 fully saturated rings. The first-order valence-electron chi connectivity index (χ1n) is 10.3. The topological polar surface area (TPSA) is 131 Å². The number of thiazole rings is 1. The molecule has 0 aromatic carbocycles. The van der Waals surface area contributed by atoms with E-state index >= 15 is 0 Å². The van der Waals surface area contributed by atoms with Gasteiger partial charge in [0.25, 0.3) is 5.56 Å². The molecule has 11 nitrogen and oxygen atoms in total. The highest BCUT2D eigenvalue weighted by Crippen LogP contribution is 2.32. The highest BCUT2D eigenvalue weighted by Gasteiger charge is 2.37. The van der Waals surface area contributed by atoms with Gasteiger partial charge in [-0.3, -0.25) is 9.59 Å². The number of aldehydes is 1. The third kappa shape index (κ3) is 5.41. The van der Waals surface area contributed by atoms with E-state index in [9.17, 15) is 22.8 Å². The normalized spacial score (nSPS) is 17.2. The molecule has 1 aliphatic rings. The molecule has 3 aromatic rings. The average Bonchev–Trinajstić information content (AvgIpc) is 3.52. The van der Waals surface area contributed by atoms with E-state index in [1.165, 1.54) is 11.3 Å². The molecule has 0 spiro atoms. The second-order valence-electron chi connectivity index (χ2n) is 7.80. The van der Waals surface area contributed by atoms with E-state index in [0.717, 1.165) is 30.6 Å². The van der Waals surface area contributed by atoms with Gasteiger partial charge in [0.1, 0.15) is 17.0 Å². The van der Waals surface area contributed by atoms with E-state index in [1.807, 2.05) is 0 Å². The maximum atomic E-state index is 13.1. The zero-order valence-corrected chi connectivity index (χ0v) is 18.8. The predicted molar refractivity (Wildman–Crippen MR) is 116 cm³/mol. The molecule has 2 N–H and O–H groups in total. The van der Waals surface area contributed by atoms with Gasteiger partial charge in [0, 0.05) is 24.5 Å². The van der Waals surface area contributed by atoms with Crippen LogP contribution in [0.2, 0.25) is 0 Å². The lowest BCUT2D eigenvalue weighted by Crippen LogP contribution is -2.29. The number of rotatable bonds is 9. The van der Waals surface area contributed by atoms with Gasteiger partial charge < -0.3 is 15.0 Å². The van der Waals surface area contributed by atoms with Gasteiger partial charge in [0.2, 0.25) is 0 Å². The van der Waals surface area contributed by atoms with E-state index in [1.54, 1.807) is 28.3 Å². The number of ether oxygens (including phenoxy) is 1. The van der Waals surface area contributed by atoms with Crippen LogP contribution in [-0.2, 0) is 17.5 Å². The van der Waals surface area contributed by atoms with Gasteiger partial charge in [0.05, 0.1) is 37.3 Å². The summed E-state index contributed by atoms with van der Waals surface area (Å²) in [4.78, 5) is 28.7. The molecule has 0 bridgehead atoms. The van der Waals surface area contributed by atoms with E-state index in [0.29, 0.717) is 17.9 Å². The SMILES string of the molecule is CC(COCc1cn(C2CCN(c3nc(C=O)cs3)C2)nn1)Nc1cn[nH]c(=O)c1C(F)(F)F. The number of nitrogens with zero attached hydrogens (tertiary/aromatic N) is 6. The van der Waals surface area contributed by atoms with Crippen LogP contribution in [-0.4, -0.2) is 62.2 Å². The summed E-state index contributed by atoms with van der Waals surface area (Å²) in [5, 5.41) is 18.6. The minimum atomic E-state index is -4.82. The van der Waals surface area contributed by atoms with Crippen molar-refractivity contribution in [3.63, 3.8) is 0 Å². The molecule has 1 saturated heterocycles. The number of alkyl halides is 3. The van der Waals surface area contributed by atoms with Gasteiger partial charge in [-0.05, 0) is 13.3 Å². The Labute approximate surface area is 194 Å². The van der Waals surface area contributed by atoms with Crippen LogP contribution in [0, 0.1) is 0 Å². The van der Waals surface area contributed by atoms with Gasteiger partial charge in [-0.25, -0.2) is 14.8 Å². The lowest BCUT2D eigenvalue weighted by Gasteiger charge is -2.18. The third-order valence-corrected chi connectivity index (χ3v) is 6.08.